The summed E-state index contributed by atoms with van der Waals surface area (Å²) >= 11 is 0. The zero-order valence-corrected chi connectivity index (χ0v) is 16.9. The molecule has 1 saturated heterocycles. The minimum Gasteiger partial charge on any atom is -0.497 e. The van der Waals surface area contributed by atoms with Gasteiger partial charge < -0.3 is 4.74 Å². The van der Waals surface area contributed by atoms with Crippen LogP contribution in [-0.4, -0.2) is 38.7 Å². The molecule has 1 heterocycles. The molecule has 1 aliphatic carbocycles. The van der Waals surface area contributed by atoms with E-state index in [4.69, 9.17) is 4.74 Å². The largest absolute Gasteiger partial charge is 0.497 e. The molecule has 148 valence electrons. The fourth-order valence-electron chi connectivity index (χ4n) is 4.22. The van der Waals surface area contributed by atoms with Crippen molar-refractivity contribution in [2.24, 2.45) is 5.92 Å². The summed E-state index contributed by atoms with van der Waals surface area (Å²) in [5.41, 5.74) is 3.00. The minimum absolute atomic E-state index is 0.00323. The van der Waals surface area contributed by atoms with E-state index in [-0.39, 0.29) is 18.2 Å². The van der Waals surface area contributed by atoms with Crippen LogP contribution >= 0.6 is 0 Å². The molecule has 2 aromatic carbocycles. The second-order valence-electron chi connectivity index (χ2n) is 7.58. The van der Waals surface area contributed by atoms with Gasteiger partial charge in [-0.3, -0.25) is 4.79 Å². The molecule has 0 saturated carbocycles. The zero-order chi connectivity index (χ0) is 19.7. The Morgan fingerprint density at radius 1 is 1.04 bits per heavy atom. The van der Waals surface area contributed by atoms with Crippen LogP contribution in [-0.2, 0) is 22.9 Å². The van der Waals surface area contributed by atoms with Crippen LogP contribution in [0.1, 0.15) is 40.7 Å². The number of hydrogen-bond acceptors (Lipinski definition) is 4. The standard InChI is InChI=1S/C22H25NO4S/c1-27-20-10-7-17(8-11-20)22(24)19-6-3-13-23(15-19)28(25,26)21-12-9-16-4-2-5-18(16)14-21/h7-12,14,19H,2-6,13,15H2,1H3. The zero-order valence-electron chi connectivity index (χ0n) is 16.1. The lowest BCUT2D eigenvalue weighted by molar-refractivity contribution is 0.0872. The second-order valence-corrected chi connectivity index (χ2v) is 9.52. The molecule has 0 bridgehead atoms. The van der Waals surface area contributed by atoms with Gasteiger partial charge in [-0.1, -0.05) is 6.07 Å². The normalized spacial score (nSPS) is 20.0. The van der Waals surface area contributed by atoms with Gasteiger partial charge in [0.1, 0.15) is 5.75 Å². The molecule has 5 nitrogen and oxygen atoms in total. The van der Waals surface area contributed by atoms with Gasteiger partial charge in [0.2, 0.25) is 10.0 Å². The van der Waals surface area contributed by atoms with Gasteiger partial charge in [0.05, 0.1) is 12.0 Å². The Bertz CT molecular complexity index is 982. The number of ketones is 1. The van der Waals surface area contributed by atoms with Crippen molar-refractivity contribution in [2.75, 3.05) is 20.2 Å². The first kappa shape index (κ1) is 19.2. The summed E-state index contributed by atoms with van der Waals surface area (Å²) in [5, 5.41) is 0. The number of nitrogens with zero attached hydrogens (tertiary/aromatic N) is 1. The van der Waals surface area contributed by atoms with Gasteiger partial charge in [0, 0.05) is 24.6 Å². The number of methoxy groups -OCH3 is 1. The summed E-state index contributed by atoms with van der Waals surface area (Å²) in [6.45, 7) is 0.704. The molecule has 2 aliphatic rings. The molecule has 1 fully saturated rings. The first-order valence-electron chi connectivity index (χ1n) is 9.79. The number of ether oxygens (including phenoxy) is 1. The van der Waals surface area contributed by atoms with E-state index in [0.717, 1.165) is 24.8 Å². The maximum Gasteiger partial charge on any atom is 0.243 e. The van der Waals surface area contributed by atoms with E-state index < -0.39 is 10.0 Å². The molecule has 0 spiro atoms. The van der Waals surface area contributed by atoms with Crippen LogP contribution in [0.5, 0.6) is 5.75 Å². The average Bonchev–Trinajstić information content (AvgIpc) is 3.21. The van der Waals surface area contributed by atoms with Crippen molar-refractivity contribution in [3.8, 4) is 5.75 Å². The summed E-state index contributed by atoms with van der Waals surface area (Å²) in [5.74, 6) is 0.379. The van der Waals surface area contributed by atoms with E-state index in [1.54, 1.807) is 37.4 Å². The number of aryl methyl sites for hydroxylation is 2. The summed E-state index contributed by atoms with van der Waals surface area (Å²) in [7, 11) is -2.00. The lowest BCUT2D eigenvalue weighted by Gasteiger charge is -2.31. The Morgan fingerprint density at radius 2 is 1.79 bits per heavy atom. The maximum atomic E-state index is 13.2. The number of rotatable bonds is 5. The highest BCUT2D eigenvalue weighted by atomic mass is 32.2. The Labute approximate surface area is 166 Å². The summed E-state index contributed by atoms with van der Waals surface area (Å²) in [6, 6.07) is 12.5. The van der Waals surface area contributed by atoms with Gasteiger partial charge in [0.15, 0.2) is 5.78 Å². The van der Waals surface area contributed by atoms with Crippen LogP contribution in [0.25, 0.3) is 0 Å². The molecule has 1 atom stereocenters. The quantitative estimate of drug-likeness (QED) is 0.722. The third-order valence-corrected chi connectivity index (χ3v) is 7.70. The molecule has 0 N–H and O–H groups in total. The Hall–Kier alpha value is -2.18. The molecule has 0 radical (unpaired) electrons. The molecule has 6 heteroatoms. The van der Waals surface area contributed by atoms with Gasteiger partial charge in [-0.2, -0.15) is 4.31 Å². The van der Waals surface area contributed by atoms with Crippen molar-refractivity contribution in [1.82, 2.24) is 4.31 Å². The van der Waals surface area contributed by atoms with E-state index in [1.807, 2.05) is 12.1 Å². The monoisotopic (exact) mass is 399 g/mol. The summed E-state index contributed by atoms with van der Waals surface area (Å²) in [4.78, 5) is 13.3. The summed E-state index contributed by atoms with van der Waals surface area (Å²) in [6.07, 6.45) is 4.45. The van der Waals surface area contributed by atoms with E-state index in [2.05, 4.69) is 0 Å². The smallest absolute Gasteiger partial charge is 0.243 e. The highest BCUT2D eigenvalue weighted by Gasteiger charge is 2.34. The number of hydrogen-bond donors (Lipinski definition) is 0. The second kappa shape index (κ2) is 7.68. The van der Waals surface area contributed by atoms with Crippen molar-refractivity contribution in [2.45, 2.75) is 37.0 Å². The third-order valence-electron chi connectivity index (χ3n) is 5.84. The lowest BCUT2D eigenvalue weighted by atomic mass is 9.91. The highest BCUT2D eigenvalue weighted by molar-refractivity contribution is 7.89. The van der Waals surface area contributed by atoms with E-state index in [9.17, 15) is 13.2 Å². The maximum absolute atomic E-state index is 13.2. The molecule has 2 aromatic rings. The molecule has 0 amide bonds. The first-order valence-corrected chi connectivity index (χ1v) is 11.2. The number of benzene rings is 2. The Balaban J connectivity index is 1.53. The van der Waals surface area contributed by atoms with Crippen LogP contribution in [0, 0.1) is 5.92 Å². The molecule has 1 unspecified atom stereocenters. The lowest BCUT2D eigenvalue weighted by Crippen LogP contribution is -2.42. The average molecular weight is 400 g/mol. The van der Waals surface area contributed by atoms with E-state index in [0.29, 0.717) is 35.6 Å². The van der Waals surface area contributed by atoms with Crippen molar-refractivity contribution >= 4 is 15.8 Å². The number of fused-ring (bicyclic) bond motifs is 1. The topological polar surface area (TPSA) is 63.7 Å². The Kier molecular flexibility index (Phi) is 5.25. The van der Waals surface area contributed by atoms with Gasteiger partial charge in [-0.05, 0) is 79.6 Å². The number of sulfonamides is 1. The van der Waals surface area contributed by atoms with Gasteiger partial charge in [0.25, 0.3) is 0 Å². The minimum atomic E-state index is -3.58. The van der Waals surface area contributed by atoms with Crippen LogP contribution in [0.3, 0.4) is 0 Å². The highest BCUT2D eigenvalue weighted by Crippen LogP contribution is 2.29. The molecule has 1 aliphatic heterocycles. The number of carbonyl (C=O) groups is 1. The van der Waals surface area contributed by atoms with Crippen LogP contribution in [0.15, 0.2) is 47.4 Å². The molecular formula is C22H25NO4S. The van der Waals surface area contributed by atoms with Gasteiger partial charge in [-0.15, -0.1) is 0 Å². The predicted octanol–water partition coefficient (Wildman–Crippen LogP) is 3.47. The van der Waals surface area contributed by atoms with Crippen molar-refractivity contribution in [3.05, 3.63) is 59.2 Å². The fraction of sp³-hybridized carbons (Fsp3) is 0.409. The molecular weight excluding hydrogens is 374 g/mol. The fourth-order valence-corrected chi connectivity index (χ4v) is 5.80. The third kappa shape index (κ3) is 3.59. The SMILES string of the molecule is COc1ccc(C(=O)C2CCCN(S(=O)(=O)c3ccc4c(c3)CCC4)C2)cc1. The van der Waals surface area contributed by atoms with Gasteiger partial charge >= 0.3 is 0 Å². The molecule has 28 heavy (non-hydrogen) atoms. The van der Waals surface area contributed by atoms with Crippen LogP contribution < -0.4 is 4.74 Å². The number of carbonyl (C=O) groups excluding carboxylic acids is 1. The predicted molar refractivity (Wildman–Crippen MR) is 107 cm³/mol. The van der Waals surface area contributed by atoms with Crippen molar-refractivity contribution in [3.63, 3.8) is 0 Å². The first-order chi connectivity index (χ1) is 13.5. The summed E-state index contributed by atoms with van der Waals surface area (Å²) < 4.78 is 33.0. The molecule has 0 aromatic heterocycles. The molecule has 4 rings (SSSR count). The van der Waals surface area contributed by atoms with Crippen molar-refractivity contribution in [1.29, 1.82) is 0 Å². The number of Topliss-reactive ketones (excluding diaryl/α,β-unsaturated/α-hetero) is 1. The van der Waals surface area contributed by atoms with Crippen LogP contribution in [0.4, 0.5) is 0 Å². The van der Waals surface area contributed by atoms with Crippen molar-refractivity contribution < 1.29 is 17.9 Å². The van der Waals surface area contributed by atoms with E-state index >= 15 is 0 Å². The van der Waals surface area contributed by atoms with E-state index in [1.165, 1.54) is 9.87 Å². The van der Waals surface area contributed by atoms with Gasteiger partial charge in [-0.25, -0.2) is 8.42 Å². The number of piperidine rings is 1. The van der Waals surface area contributed by atoms with Crippen LogP contribution in [0.2, 0.25) is 0 Å². The Morgan fingerprint density at radius 3 is 2.54 bits per heavy atom.